The highest BCUT2D eigenvalue weighted by Crippen LogP contribution is 2.29. The van der Waals surface area contributed by atoms with E-state index in [9.17, 15) is 9.59 Å². The number of hydrogen-bond donors (Lipinski definition) is 1. The number of nitrogens with zero attached hydrogens (tertiary/aromatic N) is 2. The fraction of sp³-hybridized carbons (Fsp3) is 0.667. The quantitative estimate of drug-likeness (QED) is 0.473. The number of anilines is 2. The van der Waals surface area contributed by atoms with Gasteiger partial charge in [-0.2, -0.15) is 0 Å². The third-order valence-corrected chi connectivity index (χ3v) is 5.77. The molecule has 1 saturated heterocycles. The van der Waals surface area contributed by atoms with Crippen molar-refractivity contribution in [2.45, 2.75) is 78.6 Å². The number of carbonyl (C=O) groups excluding carboxylic acids is 2. The van der Waals surface area contributed by atoms with E-state index in [2.05, 4.69) is 17.1 Å². The molecule has 0 radical (unpaired) electrons. The van der Waals surface area contributed by atoms with Gasteiger partial charge in [-0.05, 0) is 51.3 Å². The first-order valence-electron chi connectivity index (χ1n) is 11.6. The zero-order valence-electron chi connectivity index (χ0n) is 18.6. The van der Waals surface area contributed by atoms with Crippen LogP contribution in [-0.2, 0) is 4.79 Å². The number of benzene rings is 1. The molecule has 0 unspecified atom stereocenters. The van der Waals surface area contributed by atoms with Crippen molar-refractivity contribution >= 4 is 23.2 Å². The van der Waals surface area contributed by atoms with Gasteiger partial charge in [-0.15, -0.1) is 0 Å². The van der Waals surface area contributed by atoms with E-state index < -0.39 is 0 Å². The molecule has 162 valence electrons. The summed E-state index contributed by atoms with van der Waals surface area (Å²) in [5.41, 5.74) is 2.42. The van der Waals surface area contributed by atoms with Crippen LogP contribution in [0.25, 0.3) is 0 Å². The molecule has 1 aromatic rings. The van der Waals surface area contributed by atoms with Crippen molar-refractivity contribution in [2.24, 2.45) is 0 Å². The molecule has 0 bridgehead atoms. The third-order valence-electron chi connectivity index (χ3n) is 5.77. The summed E-state index contributed by atoms with van der Waals surface area (Å²) >= 11 is 0. The molecular formula is C24H39N3O2. The van der Waals surface area contributed by atoms with E-state index in [1.807, 2.05) is 36.9 Å². The van der Waals surface area contributed by atoms with Gasteiger partial charge in [-0.3, -0.25) is 9.59 Å². The summed E-state index contributed by atoms with van der Waals surface area (Å²) in [6, 6.07) is 5.81. The van der Waals surface area contributed by atoms with E-state index in [-0.39, 0.29) is 11.8 Å². The average Bonchev–Trinajstić information content (AvgIpc) is 3.26. The summed E-state index contributed by atoms with van der Waals surface area (Å²) in [5, 5.41) is 3.00. The molecule has 1 aliphatic heterocycles. The number of unbranched alkanes of at least 4 members (excludes halogenated alkanes) is 5. The van der Waals surface area contributed by atoms with Crippen LogP contribution < -0.4 is 10.2 Å². The van der Waals surface area contributed by atoms with Gasteiger partial charge in [0.25, 0.3) is 5.91 Å². The SMILES string of the molecule is CCCCCCCCC(=O)Nc1ccc(N2CCCC2)c(C(=O)N(CC)CC)c1. The molecule has 0 saturated carbocycles. The van der Waals surface area contributed by atoms with E-state index in [4.69, 9.17) is 0 Å². The Labute approximate surface area is 176 Å². The normalized spacial score (nSPS) is 13.6. The summed E-state index contributed by atoms with van der Waals surface area (Å²) in [7, 11) is 0. The van der Waals surface area contributed by atoms with E-state index in [0.29, 0.717) is 25.1 Å². The van der Waals surface area contributed by atoms with Gasteiger partial charge in [-0.1, -0.05) is 39.0 Å². The summed E-state index contributed by atoms with van der Waals surface area (Å²) in [4.78, 5) is 29.6. The summed E-state index contributed by atoms with van der Waals surface area (Å²) in [5.74, 6) is 0.0829. The van der Waals surface area contributed by atoms with Crippen LogP contribution in [0.4, 0.5) is 11.4 Å². The van der Waals surface area contributed by atoms with Crippen LogP contribution in [0.1, 0.15) is 88.9 Å². The molecule has 1 heterocycles. The Morgan fingerprint density at radius 1 is 0.966 bits per heavy atom. The minimum Gasteiger partial charge on any atom is -0.371 e. The predicted molar refractivity (Wildman–Crippen MR) is 122 cm³/mol. The summed E-state index contributed by atoms with van der Waals surface area (Å²) in [6.45, 7) is 9.56. The molecule has 1 fully saturated rings. The second kappa shape index (κ2) is 12.5. The van der Waals surface area contributed by atoms with E-state index in [0.717, 1.165) is 50.1 Å². The fourth-order valence-corrected chi connectivity index (χ4v) is 3.99. The monoisotopic (exact) mass is 401 g/mol. The van der Waals surface area contributed by atoms with Crippen molar-refractivity contribution in [2.75, 3.05) is 36.4 Å². The Morgan fingerprint density at radius 2 is 1.62 bits per heavy atom. The first-order chi connectivity index (χ1) is 14.1. The summed E-state index contributed by atoms with van der Waals surface area (Å²) in [6.07, 6.45) is 9.87. The van der Waals surface area contributed by atoms with E-state index in [1.165, 1.54) is 25.7 Å². The topological polar surface area (TPSA) is 52.7 Å². The van der Waals surface area contributed by atoms with Crippen molar-refractivity contribution < 1.29 is 9.59 Å². The number of rotatable bonds is 12. The molecule has 0 aliphatic carbocycles. The molecule has 0 atom stereocenters. The maximum atomic E-state index is 13.1. The Bertz CT molecular complexity index is 650. The molecule has 1 aromatic carbocycles. The highest BCUT2D eigenvalue weighted by molar-refractivity contribution is 6.02. The van der Waals surface area contributed by atoms with E-state index in [1.54, 1.807) is 0 Å². The van der Waals surface area contributed by atoms with Gasteiger partial charge in [0.1, 0.15) is 0 Å². The zero-order chi connectivity index (χ0) is 21.1. The van der Waals surface area contributed by atoms with Gasteiger partial charge in [0.05, 0.1) is 5.56 Å². The third kappa shape index (κ3) is 7.06. The maximum Gasteiger partial charge on any atom is 0.256 e. The lowest BCUT2D eigenvalue weighted by molar-refractivity contribution is -0.116. The Hall–Kier alpha value is -2.04. The second-order valence-corrected chi connectivity index (χ2v) is 7.97. The van der Waals surface area contributed by atoms with Crippen LogP contribution in [0.2, 0.25) is 0 Å². The lowest BCUT2D eigenvalue weighted by Crippen LogP contribution is -2.32. The predicted octanol–water partition coefficient (Wildman–Crippen LogP) is 5.46. The zero-order valence-corrected chi connectivity index (χ0v) is 18.6. The highest BCUT2D eigenvalue weighted by atomic mass is 16.2. The van der Waals surface area contributed by atoms with Crippen LogP contribution in [0.15, 0.2) is 18.2 Å². The molecule has 2 rings (SSSR count). The van der Waals surface area contributed by atoms with Crippen molar-refractivity contribution in [3.05, 3.63) is 23.8 Å². The molecule has 5 nitrogen and oxygen atoms in total. The Kier molecular flexibility index (Phi) is 10.0. The van der Waals surface area contributed by atoms with Gasteiger partial charge < -0.3 is 15.1 Å². The molecule has 1 N–H and O–H groups in total. The van der Waals surface area contributed by atoms with Crippen LogP contribution in [0.5, 0.6) is 0 Å². The number of carbonyl (C=O) groups is 2. The number of hydrogen-bond acceptors (Lipinski definition) is 3. The van der Waals surface area contributed by atoms with Crippen molar-refractivity contribution in [3.8, 4) is 0 Å². The second-order valence-electron chi connectivity index (χ2n) is 7.97. The van der Waals surface area contributed by atoms with Crippen molar-refractivity contribution in [3.63, 3.8) is 0 Å². The van der Waals surface area contributed by atoms with Gasteiger partial charge in [0, 0.05) is 44.0 Å². The van der Waals surface area contributed by atoms with Crippen molar-refractivity contribution in [1.29, 1.82) is 0 Å². The number of nitrogens with one attached hydrogen (secondary N) is 1. The molecule has 1 aliphatic rings. The van der Waals surface area contributed by atoms with Gasteiger partial charge in [0.15, 0.2) is 0 Å². The van der Waals surface area contributed by atoms with Gasteiger partial charge >= 0.3 is 0 Å². The lowest BCUT2D eigenvalue weighted by atomic mass is 10.1. The first-order valence-corrected chi connectivity index (χ1v) is 11.6. The standard InChI is InChI=1S/C24H39N3O2/c1-4-7-8-9-10-11-14-23(28)25-20-15-16-22(27-17-12-13-18-27)21(19-20)24(29)26(5-2)6-3/h15-16,19H,4-14,17-18H2,1-3H3,(H,25,28). The molecule has 2 amide bonds. The van der Waals surface area contributed by atoms with Crippen LogP contribution in [0, 0.1) is 0 Å². The first kappa shape index (κ1) is 23.2. The number of amides is 2. The van der Waals surface area contributed by atoms with Crippen LogP contribution in [0.3, 0.4) is 0 Å². The molecular weight excluding hydrogens is 362 g/mol. The van der Waals surface area contributed by atoms with Crippen molar-refractivity contribution in [1.82, 2.24) is 4.90 Å². The van der Waals surface area contributed by atoms with Crippen LogP contribution in [-0.4, -0.2) is 42.9 Å². The minimum atomic E-state index is 0.0376. The molecule has 0 aromatic heterocycles. The Balaban J connectivity index is 2.04. The Morgan fingerprint density at radius 3 is 2.28 bits per heavy atom. The molecule has 0 spiro atoms. The maximum absolute atomic E-state index is 13.1. The fourth-order valence-electron chi connectivity index (χ4n) is 3.99. The molecule has 5 heteroatoms. The smallest absolute Gasteiger partial charge is 0.256 e. The van der Waals surface area contributed by atoms with Crippen LogP contribution >= 0.6 is 0 Å². The average molecular weight is 402 g/mol. The van der Waals surface area contributed by atoms with Gasteiger partial charge in [0.2, 0.25) is 5.91 Å². The van der Waals surface area contributed by atoms with Gasteiger partial charge in [-0.25, -0.2) is 0 Å². The summed E-state index contributed by atoms with van der Waals surface area (Å²) < 4.78 is 0. The van der Waals surface area contributed by atoms with E-state index >= 15 is 0 Å². The lowest BCUT2D eigenvalue weighted by Gasteiger charge is -2.25. The molecule has 29 heavy (non-hydrogen) atoms. The minimum absolute atomic E-state index is 0.0376. The largest absolute Gasteiger partial charge is 0.371 e. The highest BCUT2D eigenvalue weighted by Gasteiger charge is 2.22.